The Morgan fingerprint density at radius 3 is 2.27 bits per heavy atom. The van der Waals surface area contributed by atoms with Crippen LogP contribution in [0.15, 0.2) is 28.7 Å². The molecule has 1 aromatic carbocycles. The van der Waals surface area contributed by atoms with Gasteiger partial charge in [0, 0.05) is 41.6 Å². The number of fused-ring (bicyclic) bond motifs is 3. The van der Waals surface area contributed by atoms with Crippen molar-refractivity contribution in [3.63, 3.8) is 0 Å². The number of nitrogens with two attached hydrogens (primary N) is 1. The molecule has 40 heavy (non-hydrogen) atoms. The number of aromatic hydroxyl groups is 1. The van der Waals surface area contributed by atoms with E-state index in [1.54, 1.807) is 20.8 Å². The van der Waals surface area contributed by atoms with E-state index in [1.807, 2.05) is 0 Å². The summed E-state index contributed by atoms with van der Waals surface area (Å²) in [5, 5.41) is 44.5. The topological polar surface area (TPSA) is 182 Å². The molecule has 0 bridgehead atoms. The average Bonchev–Trinajstić information content (AvgIpc) is 2.82. The highest BCUT2D eigenvalue weighted by Crippen LogP contribution is 2.52. The van der Waals surface area contributed by atoms with Crippen LogP contribution in [0, 0.1) is 23.1 Å². The maximum Gasteiger partial charge on any atom is 0.255 e. The molecule has 6 N–H and O–H groups in total. The van der Waals surface area contributed by atoms with E-state index in [0.29, 0.717) is 0 Å². The minimum atomic E-state index is -2.77. The number of likely N-dealkylation sites (N-methyl/N-ethyl adjacent to an activating group) is 1. The van der Waals surface area contributed by atoms with Gasteiger partial charge in [-0.05, 0) is 38.9 Å². The lowest BCUT2D eigenvalue weighted by atomic mass is 9.58. The highest BCUT2D eigenvalue weighted by atomic mass is 19.1. The van der Waals surface area contributed by atoms with Gasteiger partial charge in [-0.1, -0.05) is 20.8 Å². The Labute approximate surface area is 230 Å². The fraction of sp³-hybridized carbons (Fsp3) is 0.500. The number of hydrogen-bond donors (Lipinski definition) is 5. The second-order valence-corrected chi connectivity index (χ2v) is 12.1. The van der Waals surface area contributed by atoms with Crippen LogP contribution in [-0.2, 0) is 27.3 Å². The van der Waals surface area contributed by atoms with Crippen LogP contribution in [0.5, 0.6) is 5.75 Å². The Morgan fingerprint density at radius 1 is 1.15 bits per heavy atom. The maximum absolute atomic E-state index is 15.9. The van der Waals surface area contributed by atoms with Crippen LogP contribution in [0.3, 0.4) is 0 Å². The molecule has 4 rings (SSSR count). The van der Waals surface area contributed by atoms with Gasteiger partial charge in [-0.15, -0.1) is 0 Å². The molecule has 0 saturated carbocycles. The van der Waals surface area contributed by atoms with Crippen molar-refractivity contribution in [2.75, 3.05) is 21.1 Å². The zero-order valence-corrected chi connectivity index (χ0v) is 23.2. The van der Waals surface area contributed by atoms with Crippen molar-refractivity contribution in [1.82, 2.24) is 9.80 Å². The second kappa shape index (κ2) is 9.41. The molecule has 0 unspecified atom stereocenters. The van der Waals surface area contributed by atoms with Crippen molar-refractivity contribution in [3.05, 3.63) is 51.2 Å². The molecular weight excluding hydrogens is 525 g/mol. The van der Waals surface area contributed by atoms with Crippen molar-refractivity contribution in [2.24, 2.45) is 23.0 Å². The lowest BCUT2D eigenvalue weighted by Gasteiger charge is -2.50. The van der Waals surface area contributed by atoms with Gasteiger partial charge >= 0.3 is 0 Å². The molecule has 216 valence electrons. The van der Waals surface area contributed by atoms with E-state index < -0.39 is 80.6 Å². The number of ketones is 2. The van der Waals surface area contributed by atoms with Crippen LogP contribution < -0.4 is 5.73 Å². The van der Waals surface area contributed by atoms with Crippen LogP contribution in [0.25, 0.3) is 0 Å². The molecule has 11 nitrogen and oxygen atoms in total. The first-order chi connectivity index (χ1) is 18.3. The minimum absolute atomic E-state index is 0.0150. The predicted molar refractivity (Wildman–Crippen MR) is 140 cm³/mol. The zero-order chi connectivity index (χ0) is 30.2. The molecule has 0 radical (unpaired) electrons. The predicted octanol–water partition coefficient (Wildman–Crippen LogP) is 1.26. The molecular formula is C28H34FN3O8. The van der Waals surface area contributed by atoms with Gasteiger partial charge in [0.15, 0.2) is 11.4 Å². The van der Waals surface area contributed by atoms with Crippen LogP contribution in [0.2, 0.25) is 0 Å². The number of nitrogens with zero attached hydrogens (tertiary/aromatic N) is 2. The van der Waals surface area contributed by atoms with E-state index in [9.17, 15) is 39.6 Å². The highest BCUT2D eigenvalue weighted by Gasteiger charge is 2.63. The molecule has 0 aliphatic heterocycles. The Bertz CT molecular complexity index is 1420. The number of Topliss-reactive ketones (excluding diaryl/α,β-unsaturated/α-hetero) is 2. The van der Waals surface area contributed by atoms with Crippen molar-refractivity contribution in [1.29, 1.82) is 0 Å². The fourth-order valence-electron chi connectivity index (χ4n) is 6.37. The SMILES string of the molecule is CN(Cc1cc(O)c2c(c1F)C[C@H]1C[C@H]3[C@H](N(C)C)C(O)=C(C(N)=O)C(=O)[C@@]3(O)C(O)=C1C2=O)C(=O)C(C)(C)C. The van der Waals surface area contributed by atoms with E-state index in [1.165, 1.54) is 30.9 Å². The number of halogens is 1. The number of carbonyl (C=O) groups is 4. The first kappa shape index (κ1) is 29.2. The van der Waals surface area contributed by atoms with E-state index >= 15 is 4.39 Å². The van der Waals surface area contributed by atoms with Crippen molar-refractivity contribution < 1.29 is 44.0 Å². The quantitative estimate of drug-likeness (QED) is 0.339. The summed E-state index contributed by atoms with van der Waals surface area (Å²) < 4.78 is 15.9. The smallest absolute Gasteiger partial charge is 0.255 e. The first-order valence-corrected chi connectivity index (χ1v) is 12.8. The summed E-state index contributed by atoms with van der Waals surface area (Å²) in [6.07, 6.45) is -0.336. The largest absolute Gasteiger partial charge is 0.510 e. The number of carbonyl (C=O) groups excluding carboxylic acids is 4. The maximum atomic E-state index is 15.9. The van der Waals surface area contributed by atoms with Gasteiger partial charge in [-0.3, -0.25) is 24.1 Å². The Morgan fingerprint density at radius 2 is 1.75 bits per heavy atom. The van der Waals surface area contributed by atoms with Gasteiger partial charge in [0.1, 0.15) is 28.7 Å². The van der Waals surface area contributed by atoms with Gasteiger partial charge in [0.2, 0.25) is 11.7 Å². The standard InChI is InChI=1S/C28H34FN3O8/c1-27(2,3)26(39)32(6)10-12-9-15(33)17-13(19(12)29)7-11-8-14-20(31(4)5)22(35)18(25(30)38)24(37)28(14,40)23(36)16(11)21(17)34/h9,11,14,20,33,35-36,40H,7-8,10H2,1-6H3,(H2,30,38)/t11-,14-,20-,28-/m0/s1. The summed E-state index contributed by atoms with van der Waals surface area (Å²) in [6, 6.07) is -0.108. The number of aliphatic hydroxyl groups is 3. The number of amides is 2. The van der Waals surface area contributed by atoms with Crippen molar-refractivity contribution >= 4 is 23.4 Å². The molecule has 0 aromatic heterocycles. The van der Waals surface area contributed by atoms with Crippen LogP contribution in [0.4, 0.5) is 4.39 Å². The number of phenols is 1. The number of hydrogen-bond acceptors (Lipinski definition) is 9. The van der Waals surface area contributed by atoms with E-state index in [0.717, 1.165) is 6.07 Å². The monoisotopic (exact) mass is 559 g/mol. The summed E-state index contributed by atoms with van der Waals surface area (Å²) in [6.45, 7) is 4.97. The van der Waals surface area contributed by atoms with Gasteiger partial charge in [-0.2, -0.15) is 0 Å². The number of phenolic OH excluding ortho intramolecular Hbond substituents is 1. The normalized spacial score (nSPS) is 26.5. The summed E-state index contributed by atoms with van der Waals surface area (Å²) in [5.41, 5.74) is -0.0218. The Balaban J connectivity index is 1.85. The summed E-state index contributed by atoms with van der Waals surface area (Å²) in [5.74, 6) is -9.11. The third kappa shape index (κ3) is 4.08. The van der Waals surface area contributed by atoms with Gasteiger partial charge in [-0.25, -0.2) is 4.39 Å². The number of allylic oxidation sites excluding steroid dienone is 1. The Hall–Kier alpha value is -3.77. The van der Waals surface area contributed by atoms with Crippen LogP contribution in [0.1, 0.15) is 48.7 Å². The molecule has 12 heteroatoms. The number of primary amides is 1. The molecule has 0 fully saturated rings. The van der Waals surface area contributed by atoms with Crippen molar-refractivity contribution in [2.45, 2.75) is 51.8 Å². The minimum Gasteiger partial charge on any atom is -0.510 e. The van der Waals surface area contributed by atoms with Gasteiger partial charge in [0.05, 0.1) is 11.6 Å². The molecule has 3 aliphatic carbocycles. The third-order valence-corrected chi connectivity index (χ3v) is 8.13. The lowest BCUT2D eigenvalue weighted by molar-refractivity contribution is -0.148. The van der Waals surface area contributed by atoms with Crippen molar-refractivity contribution in [3.8, 4) is 5.75 Å². The Kier molecular flexibility index (Phi) is 6.87. The number of aliphatic hydroxyl groups excluding tert-OH is 2. The lowest BCUT2D eigenvalue weighted by Crippen LogP contribution is -2.63. The summed E-state index contributed by atoms with van der Waals surface area (Å²) in [4.78, 5) is 54.4. The van der Waals surface area contributed by atoms with E-state index in [2.05, 4.69) is 0 Å². The summed E-state index contributed by atoms with van der Waals surface area (Å²) >= 11 is 0. The molecule has 0 spiro atoms. The third-order valence-electron chi connectivity index (χ3n) is 8.13. The number of benzene rings is 1. The molecule has 4 atom stereocenters. The molecule has 0 saturated heterocycles. The van der Waals surface area contributed by atoms with Gasteiger partial charge in [0.25, 0.3) is 5.91 Å². The van der Waals surface area contributed by atoms with Crippen LogP contribution >= 0.6 is 0 Å². The first-order valence-electron chi connectivity index (χ1n) is 12.8. The zero-order valence-electron chi connectivity index (χ0n) is 23.2. The van der Waals surface area contributed by atoms with E-state index in [4.69, 9.17) is 5.73 Å². The molecule has 3 aliphatic rings. The van der Waals surface area contributed by atoms with Crippen LogP contribution in [-0.4, -0.2) is 86.4 Å². The summed E-state index contributed by atoms with van der Waals surface area (Å²) in [7, 11) is 4.54. The molecule has 1 aromatic rings. The highest BCUT2D eigenvalue weighted by molar-refractivity contribution is 6.24. The molecule has 0 heterocycles. The average molecular weight is 560 g/mol. The van der Waals surface area contributed by atoms with E-state index in [-0.39, 0.29) is 42.0 Å². The molecule has 2 amide bonds. The fourth-order valence-corrected chi connectivity index (χ4v) is 6.37. The second-order valence-electron chi connectivity index (χ2n) is 12.1. The van der Waals surface area contributed by atoms with Gasteiger partial charge < -0.3 is 31.1 Å². The number of rotatable bonds is 4.